The van der Waals surface area contributed by atoms with Crippen molar-refractivity contribution < 1.29 is 0 Å². The molecule has 1 aromatic carbocycles. The van der Waals surface area contributed by atoms with Gasteiger partial charge >= 0.3 is 0 Å². The first-order chi connectivity index (χ1) is 11.7. The van der Waals surface area contributed by atoms with Crippen LogP contribution < -0.4 is 4.90 Å². The summed E-state index contributed by atoms with van der Waals surface area (Å²) in [7, 11) is 0. The average molecular weight is 360 g/mol. The molecule has 1 fully saturated rings. The Balaban J connectivity index is 1.43. The summed E-state index contributed by atoms with van der Waals surface area (Å²) in [5, 5.41) is 0.573. The first kappa shape index (κ1) is 15.7. The minimum Gasteiger partial charge on any atom is -0.338 e. The number of halogens is 1. The van der Waals surface area contributed by atoms with Gasteiger partial charge in [-0.15, -0.1) is 11.3 Å². The summed E-state index contributed by atoms with van der Waals surface area (Å²) >= 11 is 7.55. The monoisotopic (exact) mass is 359 g/mol. The zero-order chi connectivity index (χ0) is 16.5. The van der Waals surface area contributed by atoms with Crippen molar-refractivity contribution in [2.75, 3.05) is 31.1 Å². The fourth-order valence-corrected chi connectivity index (χ4v) is 3.88. The summed E-state index contributed by atoms with van der Waals surface area (Å²) in [5.41, 5.74) is 4.33. The highest BCUT2D eigenvalue weighted by molar-refractivity contribution is 7.16. The van der Waals surface area contributed by atoms with Crippen LogP contribution >= 0.6 is 22.9 Å². The van der Waals surface area contributed by atoms with E-state index in [1.54, 1.807) is 23.7 Å². The average Bonchev–Trinajstić information content (AvgIpc) is 3.09. The van der Waals surface area contributed by atoms with Gasteiger partial charge in [-0.3, -0.25) is 4.90 Å². The number of aromatic nitrogens is 3. The molecule has 24 heavy (non-hydrogen) atoms. The maximum absolute atomic E-state index is 5.86. The van der Waals surface area contributed by atoms with Gasteiger partial charge in [0.15, 0.2) is 0 Å². The van der Waals surface area contributed by atoms with Crippen molar-refractivity contribution in [2.24, 2.45) is 0 Å². The minimum absolute atomic E-state index is 0.379. The molecule has 124 valence electrons. The van der Waals surface area contributed by atoms with Crippen LogP contribution in [0.3, 0.4) is 0 Å². The molecule has 1 saturated heterocycles. The van der Waals surface area contributed by atoms with Crippen LogP contribution in [0.15, 0.2) is 36.1 Å². The van der Waals surface area contributed by atoms with Gasteiger partial charge in [-0.25, -0.2) is 15.0 Å². The predicted octanol–water partition coefficient (Wildman–Crippen LogP) is 3.62. The normalized spacial score (nSPS) is 17.3. The van der Waals surface area contributed by atoms with Gasteiger partial charge in [0, 0.05) is 32.2 Å². The van der Waals surface area contributed by atoms with E-state index in [9.17, 15) is 0 Å². The van der Waals surface area contributed by atoms with Crippen LogP contribution in [0.5, 0.6) is 0 Å². The highest BCUT2D eigenvalue weighted by atomic mass is 35.5. The molecule has 0 unspecified atom stereocenters. The summed E-state index contributed by atoms with van der Waals surface area (Å²) in [4.78, 5) is 17.8. The number of piperazine rings is 1. The predicted molar refractivity (Wildman–Crippen MR) is 98.9 cm³/mol. The lowest BCUT2D eigenvalue weighted by atomic mass is 10.1. The standard InChI is InChI=1S/C17H18ClN5S/c1-12(13-2-3-16-15(8-13)21-11-24-16)22-4-6-23(7-5-22)17-19-9-14(18)10-20-17/h2-3,8-12H,4-7H2,1H3/t12-/m0/s1. The molecule has 3 heterocycles. The second kappa shape index (κ2) is 6.63. The van der Waals surface area contributed by atoms with Crippen molar-refractivity contribution >= 4 is 39.1 Å². The van der Waals surface area contributed by atoms with Gasteiger partial charge in [-0.1, -0.05) is 17.7 Å². The van der Waals surface area contributed by atoms with Gasteiger partial charge < -0.3 is 4.90 Å². The third-order valence-electron chi connectivity index (χ3n) is 4.59. The molecule has 1 aliphatic rings. The molecule has 7 heteroatoms. The Kier molecular flexibility index (Phi) is 4.35. The van der Waals surface area contributed by atoms with Crippen LogP contribution in [0.1, 0.15) is 18.5 Å². The molecule has 0 aliphatic carbocycles. The van der Waals surface area contributed by atoms with E-state index >= 15 is 0 Å². The van der Waals surface area contributed by atoms with Gasteiger partial charge in [-0.2, -0.15) is 0 Å². The largest absolute Gasteiger partial charge is 0.338 e. The van der Waals surface area contributed by atoms with E-state index in [0.29, 0.717) is 11.1 Å². The zero-order valence-electron chi connectivity index (χ0n) is 13.4. The molecule has 5 nitrogen and oxygen atoms in total. The second-order valence-electron chi connectivity index (χ2n) is 5.98. The molecular weight excluding hydrogens is 342 g/mol. The number of rotatable bonds is 3. The van der Waals surface area contributed by atoms with E-state index in [1.165, 1.54) is 10.3 Å². The molecule has 0 spiro atoms. The molecule has 0 saturated carbocycles. The van der Waals surface area contributed by atoms with E-state index in [4.69, 9.17) is 11.6 Å². The lowest BCUT2D eigenvalue weighted by Crippen LogP contribution is -2.47. The highest BCUT2D eigenvalue weighted by Crippen LogP contribution is 2.27. The number of thiazole rings is 1. The van der Waals surface area contributed by atoms with Gasteiger partial charge in [0.2, 0.25) is 5.95 Å². The second-order valence-corrected chi connectivity index (χ2v) is 7.30. The van der Waals surface area contributed by atoms with Gasteiger partial charge in [0.25, 0.3) is 0 Å². The Morgan fingerprint density at radius 2 is 1.83 bits per heavy atom. The maximum Gasteiger partial charge on any atom is 0.225 e. The lowest BCUT2D eigenvalue weighted by molar-refractivity contribution is 0.198. The van der Waals surface area contributed by atoms with Crippen molar-refractivity contribution in [1.29, 1.82) is 0 Å². The molecule has 0 radical (unpaired) electrons. The fourth-order valence-electron chi connectivity index (χ4n) is 3.12. The first-order valence-corrected chi connectivity index (χ1v) is 9.26. The van der Waals surface area contributed by atoms with E-state index in [-0.39, 0.29) is 0 Å². The van der Waals surface area contributed by atoms with E-state index in [2.05, 4.69) is 49.9 Å². The van der Waals surface area contributed by atoms with Crippen molar-refractivity contribution in [3.63, 3.8) is 0 Å². The molecule has 1 atom stereocenters. The van der Waals surface area contributed by atoms with Crippen molar-refractivity contribution in [2.45, 2.75) is 13.0 Å². The van der Waals surface area contributed by atoms with E-state index < -0.39 is 0 Å². The summed E-state index contributed by atoms with van der Waals surface area (Å²) in [5.74, 6) is 0.760. The number of fused-ring (bicyclic) bond motifs is 1. The third kappa shape index (κ3) is 3.09. The summed E-state index contributed by atoms with van der Waals surface area (Å²) < 4.78 is 1.25. The Morgan fingerprint density at radius 3 is 2.58 bits per heavy atom. The number of anilines is 1. The van der Waals surface area contributed by atoms with Crippen LogP contribution in [0.2, 0.25) is 5.02 Å². The topological polar surface area (TPSA) is 45.2 Å². The van der Waals surface area contributed by atoms with Gasteiger partial charge in [0.05, 0.1) is 33.1 Å². The third-order valence-corrected chi connectivity index (χ3v) is 5.59. The van der Waals surface area contributed by atoms with Crippen LogP contribution in [0.4, 0.5) is 5.95 Å². The van der Waals surface area contributed by atoms with Crippen LogP contribution in [0, 0.1) is 0 Å². The molecule has 3 aromatic rings. The Hall–Kier alpha value is -1.76. The SMILES string of the molecule is C[C@@H](c1ccc2scnc2c1)N1CCN(c2ncc(Cl)cn2)CC1. The van der Waals surface area contributed by atoms with Gasteiger partial charge in [0.1, 0.15) is 0 Å². The van der Waals surface area contributed by atoms with Crippen LogP contribution in [-0.4, -0.2) is 46.0 Å². The molecule has 1 aliphatic heterocycles. The molecular formula is C17H18ClN5S. The Bertz CT molecular complexity index is 826. The number of benzene rings is 1. The maximum atomic E-state index is 5.86. The fraction of sp³-hybridized carbons (Fsp3) is 0.353. The first-order valence-electron chi connectivity index (χ1n) is 8.00. The van der Waals surface area contributed by atoms with E-state index in [1.807, 2.05) is 5.51 Å². The van der Waals surface area contributed by atoms with Crippen LogP contribution in [-0.2, 0) is 0 Å². The highest BCUT2D eigenvalue weighted by Gasteiger charge is 2.23. The smallest absolute Gasteiger partial charge is 0.225 e. The summed E-state index contributed by atoms with van der Waals surface area (Å²) in [6.45, 7) is 6.09. The Labute approximate surface area is 149 Å². The summed E-state index contributed by atoms with van der Waals surface area (Å²) in [6.07, 6.45) is 3.31. The molecule has 0 N–H and O–H groups in total. The number of nitrogens with zero attached hydrogens (tertiary/aromatic N) is 5. The molecule has 2 aromatic heterocycles. The summed E-state index contributed by atoms with van der Waals surface area (Å²) in [6, 6.07) is 6.99. The number of hydrogen-bond donors (Lipinski definition) is 0. The quantitative estimate of drug-likeness (QED) is 0.714. The molecule has 0 bridgehead atoms. The minimum atomic E-state index is 0.379. The molecule has 0 amide bonds. The van der Waals surface area contributed by atoms with Crippen LogP contribution in [0.25, 0.3) is 10.2 Å². The Morgan fingerprint density at radius 1 is 1.08 bits per heavy atom. The van der Waals surface area contributed by atoms with Crippen molar-refractivity contribution in [3.8, 4) is 0 Å². The zero-order valence-corrected chi connectivity index (χ0v) is 15.0. The number of hydrogen-bond acceptors (Lipinski definition) is 6. The molecule has 4 rings (SSSR count). The lowest BCUT2D eigenvalue weighted by Gasteiger charge is -2.38. The van der Waals surface area contributed by atoms with Gasteiger partial charge in [-0.05, 0) is 24.6 Å². The van der Waals surface area contributed by atoms with Crippen molar-refractivity contribution in [3.05, 3.63) is 46.7 Å². The van der Waals surface area contributed by atoms with Crippen molar-refractivity contribution in [1.82, 2.24) is 19.9 Å². The van der Waals surface area contributed by atoms with E-state index in [0.717, 1.165) is 37.6 Å².